The highest BCUT2D eigenvalue weighted by Gasteiger charge is 2.17. The van der Waals surface area contributed by atoms with Crippen LogP contribution in [-0.4, -0.2) is 25.7 Å². The number of amides is 1. The Morgan fingerprint density at radius 3 is 2.85 bits per heavy atom. The molecule has 2 heterocycles. The van der Waals surface area contributed by atoms with Gasteiger partial charge in [-0.2, -0.15) is 9.61 Å². The highest BCUT2D eigenvalue weighted by Crippen LogP contribution is 2.27. The molecule has 6 nitrogen and oxygen atoms in total. The lowest BCUT2D eigenvalue weighted by atomic mass is 9.87. The maximum absolute atomic E-state index is 12.4. The third-order valence-corrected chi connectivity index (χ3v) is 5.06. The van der Waals surface area contributed by atoms with Crippen LogP contribution in [0.25, 0.3) is 16.9 Å². The van der Waals surface area contributed by atoms with E-state index in [1.165, 1.54) is 32.1 Å². The normalized spacial score (nSPS) is 15.3. The van der Waals surface area contributed by atoms with Gasteiger partial charge in [-0.05, 0) is 49.9 Å². The third kappa shape index (κ3) is 3.59. The van der Waals surface area contributed by atoms with Gasteiger partial charge in [0.05, 0.1) is 5.69 Å². The Hall–Kier alpha value is -2.76. The summed E-state index contributed by atoms with van der Waals surface area (Å²) in [6.45, 7) is 1.87. The van der Waals surface area contributed by atoms with Gasteiger partial charge in [0.1, 0.15) is 0 Å². The maximum Gasteiger partial charge on any atom is 0.224 e. The fourth-order valence-electron chi connectivity index (χ4n) is 3.67. The highest BCUT2D eigenvalue weighted by atomic mass is 16.1. The van der Waals surface area contributed by atoms with Crippen molar-refractivity contribution in [1.82, 2.24) is 19.8 Å². The van der Waals surface area contributed by atoms with Crippen LogP contribution in [0, 0.1) is 12.8 Å². The molecule has 0 radical (unpaired) electrons. The molecule has 0 atom stereocenters. The number of rotatable bonds is 4. The minimum atomic E-state index is 0.104. The quantitative estimate of drug-likeness (QED) is 0.772. The predicted octanol–water partition coefficient (Wildman–Crippen LogP) is 4.01. The molecule has 0 unspecified atom stereocenters. The number of nitrogens with one attached hydrogen (secondary N) is 1. The number of hydrogen-bond acceptors (Lipinski definition) is 4. The van der Waals surface area contributed by atoms with Crippen LogP contribution in [0.2, 0.25) is 0 Å². The zero-order valence-electron chi connectivity index (χ0n) is 15.0. The molecule has 1 fully saturated rings. The molecule has 4 rings (SSSR count). The van der Waals surface area contributed by atoms with Crippen molar-refractivity contribution >= 4 is 17.2 Å². The molecule has 0 bridgehead atoms. The summed E-state index contributed by atoms with van der Waals surface area (Å²) in [5.41, 5.74) is 3.31. The predicted molar refractivity (Wildman–Crippen MR) is 101 cm³/mol. The highest BCUT2D eigenvalue weighted by molar-refractivity contribution is 5.91. The number of carbonyl (C=O) groups excluding carboxylic acids is 1. The van der Waals surface area contributed by atoms with Crippen LogP contribution in [0.3, 0.4) is 0 Å². The molecule has 134 valence electrons. The summed E-state index contributed by atoms with van der Waals surface area (Å²) in [6.07, 6.45) is 6.79. The summed E-state index contributed by atoms with van der Waals surface area (Å²) in [7, 11) is 0. The van der Waals surface area contributed by atoms with Gasteiger partial charge in [-0.25, -0.2) is 0 Å². The van der Waals surface area contributed by atoms with E-state index in [0.29, 0.717) is 12.3 Å². The lowest BCUT2D eigenvalue weighted by Crippen LogP contribution is -2.18. The molecule has 2 aromatic heterocycles. The smallest absolute Gasteiger partial charge is 0.224 e. The van der Waals surface area contributed by atoms with Crippen molar-refractivity contribution in [1.29, 1.82) is 0 Å². The first kappa shape index (κ1) is 16.7. The van der Waals surface area contributed by atoms with Gasteiger partial charge >= 0.3 is 0 Å². The monoisotopic (exact) mass is 349 g/mol. The van der Waals surface area contributed by atoms with Crippen molar-refractivity contribution in [3.8, 4) is 11.3 Å². The van der Waals surface area contributed by atoms with Crippen LogP contribution in [0.4, 0.5) is 5.69 Å². The minimum absolute atomic E-state index is 0.104. The molecule has 0 spiro atoms. The third-order valence-electron chi connectivity index (χ3n) is 5.06. The molecule has 1 saturated carbocycles. The van der Waals surface area contributed by atoms with E-state index in [9.17, 15) is 4.79 Å². The average molecular weight is 349 g/mol. The molecule has 1 aromatic carbocycles. The Morgan fingerprint density at radius 1 is 1.15 bits per heavy atom. The molecule has 0 saturated heterocycles. The molecule has 1 aliphatic carbocycles. The van der Waals surface area contributed by atoms with Gasteiger partial charge in [0.25, 0.3) is 0 Å². The average Bonchev–Trinajstić information content (AvgIpc) is 3.03. The van der Waals surface area contributed by atoms with Crippen LogP contribution in [0.15, 0.2) is 36.4 Å². The van der Waals surface area contributed by atoms with Crippen LogP contribution in [-0.2, 0) is 4.79 Å². The summed E-state index contributed by atoms with van der Waals surface area (Å²) in [5.74, 6) is 1.39. The Kier molecular flexibility index (Phi) is 4.65. The summed E-state index contributed by atoms with van der Waals surface area (Å²) >= 11 is 0. The van der Waals surface area contributed by atoms with E-state index >= 15 is 0 Å². The van der Waals surface area contributed by atoms with Crippen LogP contribution in [0.1, 0.15) is 44.3 Å². The van der Waals surface area contributed by atoms with Gasteiger partial charge in [0.2, 0.25) is 5.91 Å². The zero-order chi connectivity index (χ0) is 17.9. The van der Waals surface area contributed by atoms with Crippen molar-refractivity contribution in [2.75, 3.05) is 5.32 Å². The van der Waals surface area contributed by atoms with E-state index in [0.717, 1.165) is 28.4 Å². The van der Waals surface area contributed by atoms with Gasteiger partial charge in [-0.3, -0.25) is 4.79 Å². The second-order valence-corrected chi connectivity index (χ2v) is 7.07. The number of aryl methyl sites for hydroxylation is 1. The fraction of sp³-hybridized carbons (Fsp3) is 0.400. The van der Waals surface area contributed by atoms with E-state index in [4.69, 9.17) is 0 Å². The van der Waals surface area contributed by atoms with Crippen molar-refractivity contribution in [3.05, 3.63) is 42.2 Å². The molecule has 1 amide bonds. The SMILES string of the molecule is Cc1nnc2ccc(-c3cccc(NC(=O)CC4CCCCC4)c3)nn12. The lowest BCUT2D eigenvalue weighted by Gasteiger charge is -2.20. The summed E-state index contributed by atoms with van der Waals surface area (Å²) < 4.78 is 1.73. The van der Waals surface area contributed by atoms with E-state index in [1.54, 1.807) is 4.52 Å². The van der Waals surface area contributed by atoms with Crippen molar-refractivity contribution in [2.24, 2.45) is 5.92 Å². The number of carbonyl (C=O) groups is 1. The molecule has 1 N–H and O–H groups in total. The largest absolute Gasteiger partial charge is 0.326 e. The maximum atomic E-state index is 12.4. The number of fused-ring (bicyclic) bond motifs is 1. The molecule has 0 aliphatic heterocycles. The van der Waals surface area contributed by atoms with E-state index in [2.05, 4.69) is 20.6 Å². The Labute approximate surface area is 152 Å². The van der Waals surface area contributed by atoms with Gasteiger partial charge in [-0.15, -0.1) is 10.2 Å². The zero-order valence-corrected chi connectivity index (χ0v) is 15.0. The topological polar surface area (TPSA) is 72.2 Å². The minimum Gasteiger partial charge on any atom is -0.326 e. The molecule has 1 aliphatic rings. The first-order chi connectivity index (χ1) is 12.7. The summed E-state index contributed by atoms with van der Waals surface area (Å²) in [4.78, 5) is 12.4. The van der Waals surface area contributed by atoms with Gasteiger partial charge in [-0.1, -0.05) is 31.4 Å². The number of aromatic nitrogens is 4. The van der Waals surface area contributed by atoms with Crippen LogP contribution in [0.5, 0.6) is 0 Å². The van der Waals surface area contributed by atoms with Gasteiger partial charge < -0.3 is 5.32 Å². The lowest BCUT2D eigenvalue weighted by molar-refractivity contribution is -0.117. The van der Waals surface area contributed by atoms with Crippen molar-refractivity contribution in [3.63, 3.8) is 0 Å². The fourth-order valence-corrected chi connectivity index (χ4v) is 3.67. The standard InChI is InChI=1S/C20H23N5O/c1-14-22-23-19-11-10-18(24-25(14)19)16-8-5-9-17(13-16)21-20(26)12-15-6-3-2-4-7-15/h5,8-11,13,15H,2-4,6-7,12H2,1H3,(H,21,26). The second kappa shape index (κ2) is 7.23. The van der Waals surface area contributed by atoms with Gasteiger partial charge in [0, 0.05) is 17.7 Å². The number of benzene rings is 1. The van der Waals surface area contributed by atoms with Crippen molar-refractivity contribution < 1.29 is 4.79 Å². The molecular weight excluding hydrogens is 326 g/mol. The van der Waals surface area contributed by atoms with Crippen LogP contribution >= 0.6 is 0 Å². The first-order valence-electron chi connectivity index (χ1n) is 9.28. The number of hydrogen-bond donors (Lipinski definition) is 1. The summed E-state index contributed by atoms with van der Waals surface area (Å²) in [5, 5.41) is 15.7. The van der Waals surface area contributed by atoms with Gasteiger partial charge in [0.15, 0.2) is 11.5 Å². The molecule has 6 heteroatoms. The second-order valence-electron chi connectivity index (χ2n) is 7.07. The molecular formula is C20H23N5O. The van der Waals surface area contributed by atoms with E-state index in [-0.39, 0.29) is 5.91 Å². The Bertz CT molecular complexity index is 927. The number of anilines is 1. The number of nitrogens with zero attached hydrogens (tertiary/aromatic N) is 4. The first-order valence-corrected chi connectivity index (χ1v) is 9.28. The van der Waals surface area contributed by atoms with E-state index in [1.807, 2.05) is 43.3 Å². The summed E-state index contributed by atoms with van der Waals surface area (Å²) in [6, 6.07) is 11.6. The van der Waals surface area contributed by atoms with Crippen molar-refractivity contribution in [2.45, 2.75) is 45.4 Å². The van der Waals surface area contributed by atoms with E-state index < -0.39 is 0 Å². The molecule has 3 aromatic rings. The Morgan fingerprint density at radius 2 is 2.00 bits per heavy atom. The molecule has 26 heavy (non-hydrogen) atoms. The van der Waals surface area contributed by atoms with Crippen LogP contribution < -0.4 is 5.32 Å². The Balaban J connectivity index is 1.50.